The van der Waals surface area contributed by atoms with Gasteiger partial charge in [-0.2, -0.15) is 0 Å². The number of carbonyl (C=O) groups is 3. The predicted molar refractivity (Wildman–Crippen MR) is 129 cm³/mol. The lowest BCUT2D eigenvalue weighted by atomic mass is 9.68. The fourth-order valence-corrected chi connectivity index (χ4v) is 6.47. The summed E-state index contributed by atoms with van der Waals surface area (Å²) in [4.78, 5) is 42.6. The number of carbonyl (C=O) groups excluding carboxylic acids is 3. The number of hydrogen-bond acceptors (Lipinski definition) is 6. The van der Waals surface area contributed by atoms with E-state index in [1.807, 2.05) is 11.0 Å². The van der Waals surface area contributed by atoms with Crippen molar-refractivity contribution >= 4 is 28.7 Å². The number of nitrogens with zero attached hydrogens (tertiary/aromatic N) is 3. The van der Waals surface area contributed by atoms with E-state index in [1.165, 1.54) is 12.5 Å². The van der Waals surface area contributed by atoms with Gasteiger partial charge < -0.3 is 14.9 Å². The summed E-state index contributed by atoms with van der Waals surface area (Å²) >= 11 is 0.893. The third-order valence-electron chi connectivity index (χ3n) is 8.11. The predicted octanol–water partition coefficient (Wildman–Crippen LogP) is 3.22. The van der Waals surface area contributed by atoms with Gasteiger partial charge in [-0.1, -0.05) is 42.1 Å². The van der Waals surface area contributed by atoms with Crippen LogP contribution >= 0.6 is 11.8 Å². The van der Waals surface area contributed by atoms with Crippen LogP contribution in [-0.4, -0.2) is 80.9 Å². The molecule has 1 aliphatic heterocycles. The maximum atomic E-state index is 13.5. The topological polar surface area (TPSA) is 81.2 Å². The van der Waals surface area contributed by atoms with Crippen molar-refractivity contribution in [1.29, 1.82) is 0 Å². The number of β-amino-alcohol motifs (C(OH)–C–C–N with tert-alkyl or cyclic N) is 1. The van der Waals surface area contributed by atoms with Gasteiger partial charge in [-0.3, -0.25) is 14.5 Å². The molecular formula is C25H35N3O4S. The van der Waals surface area contributed by atoms with Crippen molar-refractivity contribution in [3.8, 4) is 0 Å². The smallest absolute Gasteiger partial charge is 0.321 e. The number of amides is 2. The van der Waals surface area contributed by atoms with Crippen LogP contribution in [0, 0.1) is 0 Å². The number of benzene rings is 1. The largest absolute Gasteiger partial charge is 0.388 e. The molecule has 3 fully saturated rings. The number of aliphatic hydroxyl groups is 1. The van der Waals surface area contributed by atoms with Crippen LogP contribution in [0.25, 0.3) is 0 Å². The van der Waals surface area contributed by atoms with Crippen molar-refractivity contribution in [2.45, 2.75) is 68.5 Å². The van der Waals surface area contributed by atoms with Gasteiger partial charge >= 0.3 is 6.03 Å². The zero-order valence-electron chi connectivity index (χ0n) is 19.9. The van der Waals surface area contributed by atoms with Crippen LogP contribution in [0.4, 0.5) is 4.79 Å². The summed E-state index contributed by atoms with van der Waals surface area (Å²) in [5.41, 5.74) is 0.0202. The van der Waals surface area contributed by atoms with Gasteiger partial charge in [-0.25, -0.2) is 4.79 Å². The molecule has 1 N–H and O–H groups in total. The Morgan fingerprint density at radius 3 is 2.21 bits per heavy atom. The first kappa shape index (κ1) is 24.2. The van der Waals surface area contributed by atoms with Crippen LogP contribution in [0.1, 0.15) is 57.4 Å². The lowest BCUT2D eigenvalue weighted by Gasteiger charge is -2.52. The molecule has 0 radical (unpaired) electrons. The lowest BCUT2D eigenvalue weighted by Crippen LogP contribution is -2.59. The van der Waals surface area contributed by atoms with E-state index in [2.05, 4.69) is 43.3 Å². The second-order valence-electron chi connectivity index (χ2n) is 10.3. The molecule has 2 saturated carbocycles. The molecule has 3 aliphatic rings. The van der Waals surface area contributed by atoms with E-state index in [0.717, 1.165) is 56.7 Å². The highest BCUT2D eigenvalue weighted by atomic mass is 32.2. The summed E-state index contributed by atoms with van der Waals surface area (Å²) in [5, 5.41) is 10.4. The van der Waals surface area contributed by atoms with Crippen molar-refractivity contribution in [3.05, 3.63) is 35.9 Å². The highest BCUT2D eigenvalue weighted by Crippen LogP contribution is 2.50. The van der Waals surface area contributed by atoms with Crippen LogP contribution < -0.4 is 0 Å². The van der Waals surface area contributed by atoms with Gasteiger partial charge in [0.05, 0.1) is 23.6 Å². The molecule has 1 aromatic rings. The summed E-state index contributed by atoms with van der Waals surface area (Å²) in [6, 6.07) is 10.4. The number of hydrogen-bond donors (Lipinski definition) is 1. The zero-order valence-corrected chi connectivity index (χ0v) is 20.7. The van der Waals surface area contributed by atoms with Gasteiger partial charge in [0.1, 0.15) is 0 Å². The molecule has 1 spiro atoms. The fraction of sp³-hybridized carbons (Fsp3) is 0.640. The highest BCUT2D eigenvalue weighted by Gasteiger charge is 2.56. The molecular weight excluding hydrogens is 438 g/mol. The molecule has 1 saturated heterocycles. The number of ketones is 1. The Bertz CT molecular complexity index is 907. The van der Waals surface area contributed by atoms with Gasteiger partial charge in [-0.15, -0.1) is 0 Å². The van der Waals surface area contributed by atoms with Crippen LogP contribution in [0.3, 0.4) is 0 Å². The Labute approximate surface area is 200 Å². The average Bonchev–Trinajstić information content (AvgIpc) is 3.02. The quantitative estimate of drug-likeness (QED) is 0.613. The van der Waals surface area contributed by atoms with E-state index in [0.29, 0.717) is 13.1 Å². The first-order valence-corrected chi connectivity index (χ1v) is 12.8. The number of rotatable bonds is 7. The molecule has 2 amide bonds. The molecule has 1 aromatic carbocycles. The van der Waals surface area contributed by atoms with E-state index in [9.17, 15) is 19.5 Å². The first-order valence-electron chi connectivity index (χ1n) is 11.8. The zero-order chi connectivity index (χ0) is 23.9. The normalized spacial score (nSPS) is 28.9. The third kappa shape index (κ3) is 4.45. The Kier molecular flexibility index (Phi) is 6.64. The highest BCUT2D eigenvalue weighted by molar-refractivity contribution is 8.15. The number of urea groups is 1. The molecule has 1 heterocycles. The van der Waals surface area contributed by atoms with Crippen molar-refractivity contribution in [2.24, 2.45) is 0 Å². The minimum Gasteiger partial charge on any atom is -0.388 e. The molecule has 33 heavy (non-hydrogen) atoms. The average molecular weight is 474 g/mol. The fourth-order valence-electron chi connectivity index (χ4n) is 5.79. The molecule has 0 aromatic heterocycles. The Balaban J connectivity index is 1.57. The summed E-state index contributed by atoms with van der Waals surface area (Å²) < 4.78 is 0. The van der Waals surface area contributed by atoms with Gasteiger partial charge in [0.25, 0.3) is 5.12 Å². The maximum absolute atomic E-state index is 13.5. The van der Waals surface area contributed by atoms with Crippen molar-refractivity contribution in [3.63, 3.8) is 0 Å². The molecule has 4 rings (SSSR count). The maximum Gasteiger partial charge on any atom is 0.321 e. The SMILES string of the molecule is CC(=O)C(=O)SCN1C[C@]2(CC[C@@](c3ccccc3)(N(C)C)CC2)N(CC2(O)CCC2)C1=O. The monoisotopic (exact) mass is 473 g/mol. The summed E-state index contributed by atoms with van der Waals surface area (Å²) in [7, 11) is 4.24. The molecule has 8 heteroatoms. The van der Waals surface area contributed by atoms with Crippen LogP contribution in [0.2, 0.25) is 0 Å². The Morgan fingerprint density at radius 1 is 1.06 bits per heavy atom. The van der Waals surface area contributed by atoms with Gasteiger partial charge in [-0.05, 0) is 64.6 Å². The van der Waals surface area contributed by atoms with E-state index in [1.54, 1.807) is 4.90 Å². The molecule has 2 aliphatic carbocycles. The third-order valence-corrected chi connectivity index (χ3v) is 9.10. The van der Waals surface area contributed by atoms with E-state index in [-0.39, 0.29) is 23.0 Å². The van der Waals surface area contributed by atoms with Gasteiger partial charge in [0.2, 0.25) is 5.78 Å². The minimum absolute atomic E-state index is 0.0959. The van der Waals surface area contributed by atoms with Crippen molar-refractivity contribution in [1.82, 2.24) is 14.7 Å². The molecule has 180 valence electrons. The van der Waals surface area contributed by atoms with E-state index < -0.39 is 16.5 Å². The Morgan fingerprint density at radius 2 is 1.70 bits per heavy atom. The van der Waals surface area contributed by atoms with Crippen LogP contribution in [-0.2, 0) is 15.1 Å². The summed E-state index contributed by atoms with van der Waals surface area (Å²) in [6.45, 7) is 2.12. The summed E-state index contributed by atoms with van der Waals surface area (Å²) in [5.74, 6) is -0.330. The number of Topliss-reactive ketones (excluding diaryl/α,β-unsaturated/α-hetero) is 1. The van der Waals surface area contributed by atoms with Crippen LogP contribution in [0.5, 0.6) is 0 Å². The van der Waals surface area contributed by atoms with Gasteiger partial charge in [0, 0.05) is 19.0 Å². The second-order valence-corrected chi connectivity index (χ2v) is 11.2. The first-order chi connectivity index (χ1) is 15.6. The second kappa shape index (κ2) is 9.04. The molecule has 0 unspecified atom stereocenters. The molecule has 7 nitrogen and oxygen atoms in total. The number of thioether (sulfide) groups is 1. The summed E-state index contributed by atoms with van der Waals surface area (Å²) in [6.07, 6.45) is 5.87. The minimum atomic E-state index is -0.809. The van der Waals surface area contributed by atoms with Crippen LogP contribution in [0.15, 0.2) is 30.3 Å². The van der Waals surface area contributed by atoms with E-state index >= 15 is 0 Å². The lowest BCUT2D eigenvalue weighted by molar-refractivity contribution is -0.130. The standard InChI is InChI=1S/C25H35N3O4S/c1-19(29)21(30)33-18-27-16-23(28(22(27)31)17-24(32)10-7-11-24)12-14-25(15-13-23,26(2)3)20-8-5-4-6-9-20/h4-6,8-9,32H,7,10-18H2,1-3H3/t23-,25-. The molecule has 0 bridgehead atoms. The van der Waals surface area contributed by atoms with Crippen molar-refractivity contribution in [2.75, 3.05) is 33.1 Å². The van der Waals surface area contributed by atoms with E-state index in [4.69, 9.17) is 0 Å². The Hall–Kier alpha value is -1.90. The van der Waals surface area contributed by atoms with Crippen molar-refractivity contribution < 1.29 is 19.5 Å². The molecule has 0 atom stereocenters. The van der Waals surface area contributed by atoms with Gasteiger partial charge in [0.15, 0.2) is 0 Å².